The maximum Gasteiger partial charge on any atom is 0.402 e. The summed E-state index contributed by atoms with van der Waals surface area (Å²) in [6, 6.07) is 6.93. The third-order valence-electron chi connectivity index (χ3n) is 9.31. The van der Waals surface area contributed by atoms with Crippen LogP contribution in [-0.2, 0) is 23.7 Å². The number of phenols is 4. The van der Waals surface area contributed by atoms with Crippen LogP contribution < -0.4 is 4.74 Å². The van der Waals surface area contributed by atoms with Crippen LogP contribution in [0.3, 0.4) is 0 Å². The molecule has 0 spiro atoms. The highest BCUT2D eigenvalue weighted by Crippen LogP contribution is 2.43. The summed E-state index contributed by atoms with van der Waals surface area (Å²) >= 11 is 0. The zero-order chi connectivity index (χ0) is 38.5. The van der Waals surface area contributed by atoms with E-state index in [-0.39, 0.29) is 33.8 Å². The van der Waals surface area contributed by atoms with Crippen LogP contribution in [-0.4, -0.2) is 172 Å². The van der Waals surface area contributed by atoms with Crippen LogP contribution in [0.1, 0.15) is 6.92 Å². The smallest absolute Gasteiger partial charge is 0.402 e. The Hall–Kier alpha value is -3.71. The molecule has 3 aromatic rings. The minimum atomic E-state index is -2.00. The number of hydrogen-bond donors (Lipinski definition) is 13. The molecule has 1 aromatic heterocycles. The Morgan fingerprint density at radius 3 is 2.00 bits per heavy atom. The van der Waals surface area contributed by atoms with Crippen LogP contribution in [0.5, 0.6) is 28.7 Å². The van der Waals surface area contributed by atoms with E-state index in [0.29, 0.717) is 0 Å². The normalized spacial score (nSPS) is 37.8. The highest BCUT2D eigenvalue weighted by molar-refractivity contribution is 5.88. The second kappa shape index (κ2) is 15.6. The maximum absolute atomic E-state index is 11.4. The summed E-state index contributed by atoms with van der Waals surface area (Å²) < 4.78 is 40.4. The molecule has 20 heteroatoms. The van der Waals surface area contributed by atoms with E-state index >= 15 is 0 Å². The fraction of sp³-hybridized carbons (Fsp3) is 0.545. The summed E-state index contributed by atoms with van der Waals surface area (Å²) in [6.45, 7) is -0.0603. The number of aliphatic hydroxyl groups excluding tert-OH is 9. The van der Waals surface area contributed by atoms with Gasteiger partial charge in [0, 0.05) is 18.2 Å². The molecule has 0 bridgehead atoms. The lowest BCUT2D eigenvalue weighted by atomic mass is 9.97. The lowest BCUT2D eigenvalue weighted by Gasteiger charge is -2.46. The van der Waals surface area contributed by atoms with Crippen LogP contribution in [0, 0.1) is 0 Å². The Kier molecular flexibility index (Phi) is 11.5. The van der Waals surface area contributed by atoms with Crippen molar-refractivity contribution < 1.29 is 99.2 Å². The molecule has 0 radical (unpaired) electrons. The van der Waals surface area contributed by atoms with Gasteiger partial charge in [-0.1, -0.05) is 0 Å². The first-order valence-electron chi connectivity index (χ1n) is 16.4. The minimum absolute atomic E-state index is 0.0227. The average molecular weight is 758 g/mol. The Morgan fingerprint density at radius 2 is 1.30 bits per heavy atom. The van der Waals surface area contributed by atoms with Gasteiger partial charge in [-0.2, -0.15) is 0 Å². The van der Waals surface area contributed by atoms with Crippen molar-refractivity contribution in [3.63, 3.8) is 0 Å². The van der Waals surface area contributed by atoms with Crippen molar-refractivity contribution in [3.8, 4) is 40.1 Å². The van der Waals surface area contributed by atoms with Crippen molar-refractivity contribution in [3.05, 3.63) is 36.4 Å². The van der Waals surface area contributed by atoms with Gasteiger partial charge in [-0.15, -0.1) is 0 Å². The molecule has 292 valence electrons. The standard InChI is InChI=1S/C33H40O20/c1-10-21(39)24(42)27(45)31(48-10)47-9-20-23(41)26(44)30(53-32-28(46)25(43)22(40)19(8-34)51-32)33(52-20)50-18-7-13-15(37)5-12(35)6-17(13)49-29(18)11-2-3-14(36)16(38)4-11/h2-7,10,19-28,30-34,39-46H,8-9H2,1H3,(H3-,35,36,37,38)/p+1/t10-,19-,20+,21-,22-,23+,24+,25+,26-,27+,28+,30+,31+,32-,33+/m0/s1. The Balaban J connectivity index is 1.37. The second-order valence-electron chi connectivity index (χ2n) is 13.0. The molecule has 15 atom stereocenters. The fourth-order valence-electron chi connectivity index (χ4n) is 6.22. The lowest BCUT2D eigenvalue weighted by Crippen LogP contribution is -2.65. The molecule has 6 rings (SSSR count). The first kappa shape index (κ1) is 39.0. The Morgan fingerprint density at radius 1 is 0.642 bits per heavy atom. The van der Waals surface area contributed by atoms with Crippen molar-refractivity contribution in [2.45, 2.75) is 99.0 Å². The van der Waals surface area contributed by atoms with Crippen molar-refractivity contribution in [2.75, 3.05) is 13.2 Å². The van der Waals surface area contributed by atoms with Gasteiger partial charge in [0.2, 0.25) is 12.0 Å². The Bertz CT molecular complexity index is 1740. The van der Waals surface area contributed by atoms with E-state index in [2.05, 4.69) is 0 Å². The van der Waals surface area contributed by atoms with E-state index in [1.165, 1.54) is 19.1 Å². The van der Waals surface area contributed by atoms with E-state index in [1.54, 1.807) is 0 Å². The van der Waals surface area contributed by atoms with Crippen molar-refractivity contribution in [1.82, 2.24) is 0 Å². The maximum atomic E-state index is 11.4. The molecule has 0 saturated carbocycles. The van der Waals surface area contributed by atoms with Crippen LogP contribution in [0.4, 0.5) is 0 Å². The molecule has 20 nitrogen and oxygen atoms in total. The van der Waals surface area contributed by atoms with Crippen molar-refractivity contribution >= 4 is 11.0 Å². The number of aliphatic hydroxyl groups is 9. The molecule has 2 aromatic carbocycles. The molecular weight excluding hydrogens is 716 g/mol. The first-order chi connectivity index (χ1) is 25.1. The van der Waals surface area contributed by atoms with Crippen LogP contribution in [0.2, 0.25) is 0 Å². The molecule has 3 aliphatic rings. The van der Waals surface area contributed by atoms with Gasteiger partial charge in [0.25, 0.3) is 0 Å². The third-order valence-corrected chi connectivity index (χ3v) is 9.31. The van der Waals surface area contributed by atoms with Crippen LogP contribution in [0.25, 0.3) is 22.3 Å². The van der Waals surface area contributed by atoms with Gasteiger partial charge in [0.1, 0.15) is 77.9 Å². The summed E-state index contributed by atoms with van der Waals surface area (Å²) in [7, 11) is 0. The fourth-order valence-corrected chi connectivity index (χ4v) is 6.22. The van der Waals surface area contributed by atoms with E-state index in [4.69, 9.17) is 32.8 Å². The molecule has 3 aliphatic heterocycles. The summed E-state index contributed by atoms with van der Waals surface area (Å²) in [5.41, 5.74) is -0.00795. The number of phenolic OH excluding ortho intramolecular Hbond substituents is 4. The van der Waals surface area contributed by atoms with Gasteiger partial charge in [0.05, 0.1) is 30.9 Å². The van der Waals surface area contributed by atoms with Gasteiger partial charge in [-0.3, -0.25) is 0 Å². The van der Waals surface area contributed by atoms with Crippen molar-refractivity contribution in [1.29, 1.82) is 0 Å². The molecule has 3 fully saturated rings. The quantitative estimate of drug-likeness (QED) is 0.0767. The van der Waals surface area contributed by atoms with Gasteiger partial charge in [0.15, 0.2) is 30.2 Å². The summed E-state index contributed by atoms with van der Waals surface area (Å²) in [6.07, 6.45) is -25.4. The number of fused-ring (bicyclic) bond motifs is 1. The van der Waals surface area contributed by atoms with E-state index < -0.39 is 123 Å². The molecule has 0 aliphatic carbocycles. The number of aromatic hydroxyl groups is 4. The SMILES string of the molecule is C[C@@H]1O[C@@H](OC[C@H]2O[C@@H](Oc3cc4c(O)cc(O)cc4[o+]c3-c3ccc(O)c(O)c3)[C@H](O[C@@H]3O[C@@H](CO)[C@H](O)[C@@H](O)[C@H]3O)[C@@H](O)[C@@H]2O)[C@H](O)[C@H](O)[C@H]1O. The van der Waals surface area contributed by atoms with Gasteiger partial charge in [-0.25, -0.2) is 4.42 Å². The number of benzene rings is 2. The second-order valence-corrected chi connectivity index (χ2v) is 13.0. The highest BCUT2D eigenvalue weighted by atomic mass is 16.8. The van der Waals surface area contributed by atoms with Gasteiger partial charge < -0.3 is 94.8 Å². The largest absolute Gasteiger partial charge is 0.507 e. The molecular formula is C33H41O20+. The molecule has 53 heavy (non-hydrogen) atoms. The monoisotopic (exact) mass is 757 g/mol. The Labute approximate surface area is 299 Å². The van der Waals surface area contributed by atoms with E-state index in [9.17, 15) is 66.4 Å². The number of rotatable bonds is 9. The lowest BCUT2D eigenvalue weighted by molar-refractivity contribution is -0.362. The predicted octanol–water partition coefficient (Wildman–Crippen LogP) is -2.94. The summed E-state index contributed by atoms with van der Waals surface area (Å²) in [5.74, 6) is -2.41. The molecule has 4 heterocycles. The molecule has 3 saturated heterocycles. The van der Waals surface area contributed by atoms with Crippen molar-refractivity contribution in [2.24, 2.45) is 0 Å². The average Bonchev–Trinajstić information content (AvgIpc) is 3.12. The van der Waals surface area contributed by atoms with Gasteiger partial charge >= 0.3 is 11.3 Å². The summed E-state index contributed by atoms with van der Waals surface area (Å²) in [4.78, 5) is 0. The van der Waals surface area contributed by atoms with Crippen LogP contribution >= 0.6 is 0 Å². The van der Waals surface area contributed by atoms with Crippen LogP contribution in [0.15, 0.2) is 40.8 Å². The zero-order valence-electron chi connectivity index (χ0n) is 27.7. The number of ether oxygens (including phenoxy) is 6. The zero-order valence-corrected chi connectivity index (χ0v) is 27.7. The first-order valence-corrected chi connectivity index (χ1v) is 16.4. The topological polar surface area (TPSA) is 330 Å². The van der Waals surface area contributed by atoms with E-state index in [1.807, 2.05) is 0 Å². The minimum Gasteiger partial charge on any atom is -0.507 e. The summed E-state index contributed by atoms with van der Waals surface area (Å²) in [5, 5.41) is 135. The number of hydrogen-bond acceptors (Lipinski definition) is 19. The molecule has 0 unspecified atom stereocenters. The third kappa shape index (κ3) is 7.65. The highest BCUT2D eigenvalue weighted by Gasteiger charge is 2.52. The molecule has 0 amide bonds. The predicted molar refractivity (Wildman–Crippen MR) is 171 cm³/mol. The molecule has 13 N–H and O–H groups in total. The van der Waals surface area contributed by atoms with E-state index in [0.717, 1.165) is 24.3 Å². The van der Waals surface area contributed by atoms with Gasteiger partial charge in [-0.05, 0) is 19.1 Å².